The molecule has 2 aromatic heterocycles. The maximum atomic E-state index is 13.7. The second kappa shape index (κ2) is 12.2. The largest absolute Gasteiger partial charge is 0.345 e. The van der Waals surface area contributed by atoms with Gasteiger partial charge in [0.1, 0.15) is 17.4 Å². The normalized spacial score (nSPS) is 13.6. The lowest BCUT2D eigenvalue weighted by molar-refractivity contribution is -0.118. The van der Waals surface area contributed by atoms with E-state index in [-0.39, 0.29) is 18.0 Å². The number of rotatable bonds is 8. The fourth-order valence-electron chi connectivity index (χ4n) is 4.94. The number of imidazole rings is 1. The minimum Gasteiger partial charge on any atom is -0.345 e. The van der Waals surface area contributed by atoms with Crippen molar-refractivity contribution in [2.24, 2.45) is 0 Å². The molecule has 6 rings (SSSR count). The van der Waals surface area contributed by atoms with Crippen LogP contribution in [0.1, 0.15) is 38.9 Å². The number of halogens is 2. The number of nitrogens with one attached hydrogen (secondary N) is 4. The Morgan fingerprint density at radius 1 is 0.956 bits per heavy atom. The SMILES string of the molecule is O=C1Nc2ccc(NC(=O)[C@H](NC(=O)c3cccn(Cc4ccc(F)c(F)c4)c3=O)c3ccccc3)cc2/C1=C/c1ncc[nH]1. The van der Waals surface area contributed by atoms with Gasteiger partial charge in [-0.1, -0.05) is 36.4 Å². The summed E-state index contributed by atoms with van der Waals surface area (Å²) in [6, 6.07) is 18.3. The Morgan fingerprint density at radius 3 is 2.53 bits per heavy atom. The summed E-state index contributed by atoms with van der Waals surface area (Å²) in [5.41, 5.74) is 1.69. The number of anilines is 2. The third kappa shape index (κ3) is 6.15. The predicted molar refractivity (Wildman–Crippen MR) is 163 cm³/mol. The molecule has 5 aromatic rings. The molecule has 3 amide bonds. The molecule has 0 aliphatic carbocycles. The number of hydrogen-bond acceptors (Lipinski definition) is 5. The molecule has 1 atom stereocenters. The third-order valence-electron chi connectivity index (χ3n) is 7.14. The van der Waals surface area contributed by atoms with E-state index in [2.05, 4.69) is 25.9 Å². The third-order valence-corrected chi connectivity index (χ3v) is 7.14. The molecular weight excluding hydrogens is 582 g/mol. The summed E-state index contributed by atoms with van der Waals surface area (Å²) < 4.78 is 28.3. The molecule has 1 aliphatic rings. The Bertz CT molecular complexity index is 2020. The number of H-pyrrole nitrogens is 1. The van der Waals surface area contributed by atoms with Crippen molar-refractivity contribution in [2.75, 3.05) is 10.6 Å². The van der Waals surface area contributed by atoms with Crippen LogP contribution in [0.3, 0.4) is 0 Å². The molecule has 3 aromatic carbocycles. The maximum Gasteiger partial charge on any atom is 0.263 e. The lowest BCUT2D eigenvalue weighted by Crippen LogP contribution is -2.40. The van der Waals surface area contributed by atoms with E-state index in [9.17, 15) is 28.0 Å². The van der Waals surface area contributed by atoms with Crippen molar-refractivity contribution in [2.45, 2.75) is 12.6 Å². The number of nitrogens with zero attached hydrogens (tertiary/aromatic N) is 2. The molecule has 1 aliphatic heterocycles. The van der Waals surface area contributed by atoms with E-state index in [0.29, 0.717) is 39.5 Å². The number of fused-ring (bicyclic) bond motifs is 1. The first-order valence-electron chi connectivity index (χ1n) is 13.7. The van der Waals surface area contributed by atoms with Gasteiger partial charge in [0.15, 0.2) is 11.6 Å². The molecule has 0 fully saturated rings. The number of carbonyl (C=O) groups is 3. The van der Waals surface area contributed by atoms with Gasteiger partial charge < -0.3 is 25.5 Å². The lowest BCUT2D eigenvalue weighted by atomic mass is 10.0. The van der Waals surface area contributed by atoms with Gasteiger partial charge in [0.05, 0.1) is 12.1 Å². The van der Waals surface area contributed by atoms with E-state index in [1.165, 1.54) is 29.0 Å². The number of benzene rings is 3. The van der Waals surface area contributed by atoms with Crippen LogP contribution in [0, 0.1) is 11.6 Å². The summed E-state index contributed by atoms with van der Waals surface area (Å²) >= 11 is 0. The van der Waals surface area contributed by atoms with E-state index < -0.39 is 35.0 Å². The van der Waals surface area contributed by atoms with Crippen molar-refractivity contribution in [1.29, 1.82) is 0 Å². The second-order valence-corrected chi connectivity index (χ2v) is 10.2. The summed E-state index contributed by atoms with van der Waals surface area (Å²) in [7, 11) is 0. The van der Waals surface area contributed by atoms with E-state index in [1.54, 1.807) is 67.0 Å². The molecule has 224 valence electrons. The summed E-state index contributed by atoms with van der Waals surface area (Å²) in [6.45, 7) is -0.105. The molecule has 0 saturated heterocycles. The quantitative estimate of drug-likeness (QED) is 0.193. The zero-order valence-electron chi connectivity index (χ0n) is 23.4. The standard InChI is InChI=1S/C33H24F2N6O4/c34-25-10-8-19(15-26(25)35)18-41-14-4-7-22(33(41)45)30(42)40-29(20-5-2-1-3-6-20)32(44)38-21-9-11-27-23(16-21)24(31(43)39-27)17-28-36-12-13-37-28/h1-17,29H,18H2,(H,36,37)(H,38,44)(H,39,43)(H,40,42)/b24-17-/t29-/m1/s1. The highest BCUT2D eigenvalue weighted by Crippen LogP contribution is 2.35. The average molecular weight is 607 g/mol. The monoisotopic (exact) mass is 606 g/mol. The van der Waals surface area contributed by atoms with E-state index in [0.717, 1.165) is 12.1 Å². The Balaban J connectivity index is 1.25. The van der Waals surface area contributed by atoms with Gasteiger partial charge in [-0.3, -0.25) is 19.2 Å². The van der Waals surface area contributed by atoms with Gasteiger partial charge in [0.2, 0.25) is 0 Å². The number of aromatic amines is 1. The van der Waals surface area contributed by atoms with Crippen LogP contribution in [-0.2, 0) is 16.1 Å². The van der Waals surface area contributed by atoms with Crippen LogP contribution in [0.2, 0.25) is 0 Å². The second-order valence-electron chi connectivity index (χ2n) is 10.2. The number of carbonyl (C=O) groups excluding carboxylic acids is 3. The molecule has 0 unspecified atom stereocenters. The van der Waals surface area contributed by atoms with Gasteiger partial charge in [-0.15, -0.1) is 0 Å². The molecule has 3 heterocycles. The van der Waals surface area contributed by atoms with Gasteiger partial charge in [-0.2, -0.15) is 0 Å². The van der Waals surface area contributed by atoms with E-state index in [4.69, 9.17) is 0 Å². The number of hydrogen-bond donors (Lipinski definition) is 4. The molecule has 0 spiro atoms. The van der Waals surface area contributed by atoms with Gasteiger partial charge in [-0.25, -0.2) is 13.8 Å². The minimum absolute atomic E-state index is 0.105. The summed E-state index contributed by atoms with van der Waals surface area (Å²) in [6.07, 6.45) is 6.21. The maximum absolute atomic E-state index is 13.7. The molecule has 45 heavy (non-hydrogen) atoms. The molecule has 0 radical (unpaired) electrons. The fraction of sp³-hybridized carbons (Fsp3) is 0.0606. The summed E-state index contributed by atoms with van der Waals surface area (Å²) in [5.74, 6) is -3.31. The van der Waals surface area contributed by atoms with E-state index >= 15 is 0 Å². The van der Waals surface area contributed by atoms with Crippen molar-refractivity contribution in [1.82, 2.24) is 19.9 Å². The first kappa shape index (κ1) is 28.9. The van der Waals surface area contributed by atoms with Crippen LogP contribution in [0.25, 0.3) is 11.6 Å². The van der Waals surface area contributed by atoms with Crippen LogP contribution in [0.15, 0.2) is 102 Å². The molecule has 0 saturated carbocycles. The molecule has 4 N–H and O–H groups in total. The Labute approximate surface area is 254 Å². The highest BCUT2D eigenvalue weighted by Gasteiger charge is 2.28. The fourth-order valence-corrected chi connectivity index (χ4v) is 4.94. The van der Waals surface area contributed by atoms with E-state index in [1.807, 2.05) is 0 Å². The van der Waals surface area contributed by atoms with Gasteiger partial charge in [-0.05, 0) is 59.7 Å². The molecular formula is C33H24F2N6O4. The van der Waals surface area contributed by atoms with Crippen LogP contribution in [0.5, 0.6) is 0 Å². The van der Waals surface area contributed by atoms with Crippen molar-refractivity contribution in [3.05, 3.63) is 148 Å². The van der Waals surface area contributed by atoms with Crippen molar-refractivity contribution < 1.29 is 23.2 Å². The topological polar surface area (TPSA) is 138 Å². The molecule has 12 heteroatoms. The van der Waals surface area contributed by atoms with Crippen molar-refractivity contribution in [3.63, 3.8) is 0 Å². The van der Waals surface area contributed by atoms with Gasteiger partial charge in [0, 0.05) is 35.5 Å². The zero-order chi connectivity index (χ0) is 31.5. The number of aromatic nitrogens is 3. The highest BCUT2D eigenvalue weighted by molar-refractivity contribution is 6.35. The molecule has 10 nitrogen and oxygen atoms in total. The first-order valence-corrected chi connectivity index (χ1v) is 13.7. The van der Waals surface area contributed by atoms with Crippen LogP contribution in [0.4, 0.5) is 20.2 Å². The summed E-state index contributed by atoms with van der Waals surface area (Å²) in [4.78, 5) is 59.9. The minimum atomic E-state index is -1.20. The Kier molecular flexibility index (Phi) is 7.85. The average Bonchev–Trinajstić information content (AvgIpc) is 3.66. The van der Waals surface area contributed by atoms with Crippen LogP contribution in [-0.4, -0.2) is 32.3 Å². The van der Waals surface area contributed by atoms with Gasteiger partial charge in [0.25, 0.3) is 23.3 Å². The molecule has 0 bridgehead atoms. The predicted octanol–water partition coefficient (Wildman–Crippen LogP) is 4.50. The zero-order valence-corrected chi connectivity index (χ0v) is 23.4. The smallest absolute Gasteiger partial charge is 0.263 e. The van der Waals surface area contributed by atoms with Crippen molar-refractivity contribution in [3.8, 4) is 0 Å². The van der Waals surface area contributed by atoms with Gasteiger partial charge >= 0.3 is 0 Å². The number of pyridine rings is 1. The lowest BCUT2D eigenvalue weighted by Gasteiger charge is -2.19. The first-order chi connectivity index (χ1) is 21.8. The summed E-state index contributed by atoms with van der Waals surface area (Å²) in [5, 5.41) is 8.23. The van der Waals surface area contributed by atoms with Crippen LogP contribution >= 0.6 is 0 Å². The highest BCUT2D eigenvalue weighted by atomic mass is 19.2. The number of amides is 3. The van der Waals surface area contributed by atoms with Crippen LogP contribution < -0.4 is 21.5 Å². The Hall–Kier alpha value is -6.17. The van der Waals surface area contributed by atoms with Crippen molar-refractivity contribution >= 4 is 40.7 Å². The Morgan fingerprint density at radius 2 is 1.78 bits per heavy atom.